The molecule has 0 aromatic carbocycles. The molecule has 0 aromatic rings. The van der Waals surface area contributed by atoms with Gasteiger partial charge in [-0.1, -0.05) is 103 Å². The zero-order valence-electron chi connectivity index (χ0n) is 15.4. The van der Waals surface area contributed by atoms with E-state index in [1.165, 1.54) is 83.5 Å². The first-order valence-corrected chi connectivity index (χ1v) is 11.2. The second-order valence-corrected chi connectivity index (χ2v) is 7.74. The molecule has 0 unspecified atom stereocenters. The summed E-state index contributed by atoms with van der Waals surface area (Å²) in [5.74, 6) is 0. The number of rotatable bonds is 18. The summed E-state index contributed by atoms with van der Waals surface area (Å²) in [6, 6.07) is 0. The third kappa shape index (κ3) is 25.1. The maximum atomic E-state index is 10.2. The van der Waals surface area contributed by atoms with Crippen LogP contribution in [0.3, 0.4) is 0 Å². The Morgan fingerprint density at radius 3 is 1.21 bits per heavy atom. The summed E-state index contributed by atoms with van der Waals surface area (Å²) >= 11 is 0. The van der Waals surface area contributed by atoms with Crippen LogP contribution < -0.4 is 9.79 Å². The van der Waals surface area contributed by atoms with Crippen molar-refractivity contribution < 1.29 is 41.3 Å². The van der Waals surface area contributed by atoms with Crippen LogP contribution in [0, 0.1) is 0 Å². The zero-order valence-corrected chi connectivity index (χ0v) is 17.8. The van der Waals surface area contributed by atoms with Gasteiger partial charge in [-0.05, 0) is 6.42 Å². The maximum Gasteiger partial charge on any atom is 0.0596 e. The van der Waals surface area contributed by atoms with Crippen LogP contribution in [0.4, 0.5) is 0 Å². The Hall–Kier alpha value is 0.850. The van der Waals surface area contributed by atoms with E-state index >= 15 is 0 Å². The molecule has 24 heavy (non-hydrogen) atoms. The molecule has 6 heteroatoms. The fraction of sp³-hybridized carbons (Fsp3) is 1.00. The molecule has 0 aromatic heterocycles. The van der Waals surface area contributed by atoms with Gasteiger partial charge in [-0.15, -0.1) is 0 Å². The summed E-state index contributed by atoms with van der Waals surface area (Å²) in [7, 11) is -4.76. The average Bonchev–Trinajstić information content (AvgIpc) is 2.49. The summed E-state index contributed by atoms with van der Waals surface area (Å²) in [6.45, 7) is 2.30. The number of hydrogen-bond donors (Lipinski definition) is 0. The molecule has 1 radical (unpaired) electrons. The van der Waals surface area contributed by atoms with Gasteiger partial charge in [0, 0.05) is 22.4 Å². The summed E-state index contributed by atoms with van der Waals surface area (Å²) < 4.78 is 14.4. The Balaban J connectivity index is 0. The molecule has 0 aliphatic carbocycles. The molecule has 0 N–H and O–H groups in total. The van der Waals surface area contributed by atoms with Crippen LogP contribution in [0.5, 0.6) is 0 Å². The first kappa shape index (κ1) is 27.1. The molecule has 151 valence electrons. The standard InChI is InChI=1S/C18H39O4P.Ag/c1-2-3-4-5-6-7-8-9-10-11-12-13-14-15-16-17-18-22-23(19,20)21;/h2-18H2,1H3,(H2,19,20,21);/p-2. The molecule has 0 bridgehead atoms. The van der Waals surface area contributed by atoms with Crippen molar-refractivity contribution in [2.45, 2.75) is 110 Å². The van der Waals surface area contributed by atoms with Crippen molar-refractivity contribution in [1.82, 2.24) is 0 Å². The van der Waals surface area contributed by atoms with E-state index in [9.17, 15) is 14.4 Å². The van der Waals surface area contributed by atoms with E-state index in [1.807, 2.05) is 0 Å². The van der Waals surface area contributed by atoms with E-state index in [2.05, 4.69) is 11.4 Å². The van der Waals surface area contributed by atoms with Gasteiger partial charge in [0.05, 0.1) is 14.4 Å². The first-order chi connectivity index (χ1) is 11.1. The minimum atomic E-state index is -4.76. The van der Waals surface area contributed by atoms with Crippen LogP contribution in [0.15, 0.2) is 0 Å². The SMILES string of the molecule is CCCCCCCCCCCCCCCCCCOP(=O)([O-])[O-].[Ag]. The molecule has 0 heterocycles. The molecule has 0 aliphatic rings. The largest absolute Gasteiger partial charge is 0.790 e. The summed E-state index contributed by atoms with van der Waals surface area (Å²) in [4.78, 5) is 20.5. The molecule has 0 atom stereocenters. The van der Waals surface area contributed by atoms with Gasteiger partial charge >= 0.3 is 0 Å². The van der Waals surface area contributed by atoms with Crippen molar-refractivity contribution in [1.29, 1.82) is 0 Å². The number of hydrogen-bond acceptors (Lipinski definition) is 4. The Kier molecular flexibility index (Phi) is 22.7. The van der Waals surface area contributed by atoms with E-state index in [4.69, 9.17) is 0 Å². The van der Waals surface area contributed by atoms with Crippen LogP contribution in [-0.4, -0.2) is 6.61 Å². The molecule has 0 amide bonds. The number of unbranched alkanes of at least 4 members (excludes halogenated alkanes) is 15. The Morgan fingerprint density at radius 1 is 0.625 bits per heavy atom. The van der Waals surface area contributed by atoms with Crippen molar-refractivity contribution in [3.05, 3.63) is 0 Å². The van der Waals surface area contributed by atoms with Crippen LogP contribution in [0.25, 0.3) is 0 Å². The van der Waals surface area contributed by atoms with Crippen LogP contribution in [0.1, 0.15) is 110 Å². The van der Waals surface area contributed by atoms with Crippen molar-refractivity contribution in [3.63, 3.8) is 0 Å². The van der Waals surface area contributed by atoms with Gasteiger partial charge in [0.2, 0.25) is 0 Å². The Morgan fingerprint density at radius 2 is 0.917 bits per heavy atom. The van der Waals surface area contributed by atoms with Crippen molar-refractivity contribution in [2.75, 3.05) is 6.61 Å². The normalized spacial score (nSPS) is 11.5. The monoisotopic (exact) mass is 455 g/mol. The van der Waals surface area contributed by atoms with E-state index in [0.717, 1.165) is 12.8 Å². The summed E-state index contributed by atoms with van der Waals surface area (Å²) in [6.07, 6.45) is 20.3. The summed E-state index contributed by atoms with van der Waals surface area (Å²) in [5.41, 5.74) is 0. The average molecular weight is 456 g/mol. The molecule has 0 spiro atoms. The second kappa shape index (κ2) is 20.2. The van der Waals surface area contributed by atoms with Gasteiger partial charge in [-0.3, -0.25) is 0 Å². The Bertz CT molecular complexity index is 284. The number of phosphoric acid groups is 1. The zero-order chi connectivity index (χ0) is 17.2. The van der Waals surface area contributed by atoms with Gasteiger partial charge in [0.1, 0.15) is 0 Å². The van der Waals surface area contributed by atoms with Gasteiger partial charge in [0.15, 0.2) is 0 Å². The van der Waals surface area contributed by atoms with E-state index < -0.39 is 7.82 Å². The topological polar surface area (TPSA) is 72.4 Å². The second-order valence-electron chi connectivity index (χ2n) is 6.58. The predicted molar refractivity (Wildman–Crippen MR) is 93.1 cm³/mol. The predicted octanol–water partition coefficient (Wildman–Crippen LogP) is 5.09. The fourth-order valence-electron chi connectivity index (χ4n) is 2.83. The molecule has 0 aliphatic heterocycles. The molecule has 0 saturated heterocycles. The summed E-state index contributed by atoms with van der Waals surface area (Å²) in [5, 5.41) is 0. The quantitative estimate of drug-likeness (QED) is 0.164. The molecule has 0 saturated carbocycles. The van der Waals surface area contributed by atoms with Crippen molar-refractivity contribution in [3.8, 4) is 0 Å². The van der Waals surface area contributed by atoms with Crippen LogP contribution in [-0.2, 0) is 31.5 Å². The molecular formula is C18H37AgO4P-2. The smallest absolute Gasteiger partial charge is 0.0596 e. The van der Waals surface area contributed by atoms with Crippen LogP contribution >= 0.6 is 7.82 Å². The third-order valence-electron chi connectivity index (χ3n) is 4.25. The fourth-order valence-corrected chi connectivity index (χ4v) is 3.18. The van der Waals surface area contributed by atoms with Gasteiger partial charge in [-0.2, -0.15) is 0 Å². The molecule has 0 rings (SSSR count). The minimum Gasteiger partial charge on any atom is -0.790 e. The van der Waals surface area contributed by atoms with Crippen molar-refractivity contribution in [2.24, 2.45) is 0 Å². The third-order valence-corrected chi connectivity index (χ3v) is 4.75. The number of phosphoric ester groups is 1. The van der Waals surface area contributed by atoms with E-state index in [1.54, 1.807) is 0 Å². The maximum absolute atomic E-state index is 10.2. The van der Waals surface area contributed by atoms with Gasteiger partial charge in [-0.25, -0.2) is 0 Å². The van der Waals surface area contributed by atoms with E-state index in [0.29, 0.717) is 6.42 Å². The first-order valence-electron chi connectivity index (χ1n) is 9.73. The Labute approximate surface area is 165 Å². The van der Waals surface area contributed by atoms with Gasteiger partial charge < -0.3 is 18.9 Å². The van der Waals surface area contributed by atoms with Gasteiger partial charge in [0.25, 0.3) is 0 Å². The minimum absolute atomic E-state index is 0. The molecular weight excluding hydrogens is 419 g/mol. The van der Waals surface area contributed by atoms with Crippen molar-refractivity contribution >= 4 is 7.82 Å². The van der Waals surface area contributed by atoms with E-state index in [-0.39, 0.29) is 29.0 Å². The van der Waals surface area contributed by atoms with Crippen LogP contribution in [0.2, 0.25) is 0 Å². The molecule has 0 fully saturated rings. The molecule has 4 nitrogen and oxygen atoms in total.